The third-order valence-corrected chi connectivity index (χ3v) is 3.63. The molecule has 1 aliphatic rings. The molecule has 1 fully saturated rings. The second kappa shape index (κ2) is 5.90. The fourth-order valence-corrected chi connectivity index (χ4v) is 2.42. The summed E-state index contributed by atoms with van der Waals surface area (Å²) in [5, 5.41) is 9.95. The summed E-state index contributed by atoms with van der Waals surface area (Å²) in [5.41, 5.74) is 1.39. The summed E-state index contributed by atoms with van der Waals surface area (Å²) in [5.74, 6) is 0.786. The van der Waals surface area contributed by atoms with Crippen LogP contribution in [0, 0.1) is 6.92 Å². The van der Waals surface area contributed by atoms with Gasteiger partial charge in [-0.2, -0.15) is 15.4 Å². The lowest BCUT2D eigenvalue weighted by atomic mass is 10.1. The van der Waals surface area contributed by atoms with Crippen molar-refractivity contribution in [3.05, 3.63) is 35.9 Å². The number of piperidine rings is 1. The first-order chi connectivity index (χ1) is 10.2. The number of likely N-dealkylation sites (tertiary alicyclic amines) is 1. The molecule has 0 spiro atoms. The second-order valence-corrected chi connectivity index (χ2v) is 5.11. The molecule has 0 aromatic carbocycles. The van der Waals surface area contributed by atoms with Crippen molar-refractivity contribution in [3.63, 3.8) is 0 Å². The van der Waals surface area contributed by atoms with E-state index in [9.17, 15) is 4.79 Å². The van der Waals surface area contributed by atoms with E-state index in [0.717, 1.165) is 24.2 Å². The Labute approximate surface area is 122 Å². The maximum absolute atomic E-state index is 12.1. The van der Waals surface area contributed by atoms with Crippen molar-refractivity contribution in [3.8, 4) is 5.75 Å². The molecule has 2 aromatic heterocycles. The van der Waals surface area contributed by atoms with Crippen LogP contribution >= 0.6 is 0 Å². The summed E-state index contributed by atoms with van der Waals surface area (Å²) in [7, 11) is 0. The van der Waals surface area contributed by atoms with Crippen LogP contribution in [-0.2, 0) is 0 Å². The highest BCUT2D eigenvalue weighted by Crippen LogP contribution is 2.22. The number of aromatic amines is 1. The quantitative estimate of drug-likeness (QED) is 0.916. The van der Waals surface area contributed by atoms with Crippen LogP contribution in [0.2, 0.25) is 0 Å². The van der Waals surface area contributed by atoms with E-state index in [-0.39, 0.29) is 12.0 Å². The maximum Gasteiger partial charge on any atom is 0.276 e. The number of carbonyl (C=O) groups is 1. The minimum absolute atomic E-state index is 0.0812. The van der Waals surface area contributed by atoms with Gasteiger partial charge in [0.1, 0.15) is 11.9 Å². The molecular formula is C14H17N5O2. The van der Waals surface area contributed by atoms with Crippen LogP contribution in [0.25, 0.3) is 0 Å². The number of nitrogens with one attached hydrogen (secondary N) is 1. The molecule has 1 N–H and O–H groups in total. The minimum Gasteiger partial charge on any atom is -0.490 e. The summed E-state index contributed by atoms with van der Waals surface area (Å²) < 4.78 is 5.99. The van der Waals surface area contributed by atoms with Crippen LogP contribution in [0.4, 0.5) is 0 Å². The van der Waals surface area contributed by atoms with Crippen LogP contribution in [0.15, 0.2) is 24.7 Å². The van der Waals surface area contributed by atoms with Crippen LogP contribution in [-0.4, -0.2) is 50.4 Å². The number of rotatable bonds is 3. The summed E-state index contributed by atoms with van der Waals surface area (Å²) in [6, 6.07) is 1.88. The van der Waals surface area contributed by atoms with Crippen molar-refractivity contribution in [2.75, 3.05) is 13.1 Å². The number of carbonyl (C=O) groups excluding carboxylic acids is 1. The van der Waals surface area contributed by atoms with E-state index >= 15 is 0 Å². The largest absolute Gasteiger partial charge is 0.490 e. The Morgan fingerprint density at radius 3 is 2.86 bits per heavy atom. The molecule has 2 aromatic rings. The van der Waals surface area contributed by atoms with Gasteiger partial charge in [0, 0.05) is 43.9 Å². The van der Waals surface area contributed by atoms with Crippen LogP contribution in [0.1, 0.15) is 28.9 Å². The van der Waals surface area contributed by atoms with Crippen molar-refractivity contribution >= 4 is 5.91 Å². The molecule has 21 heavy (non-hydrogen) atoms. The van der Waals surface area contributed by atoms with Gasteiger partial charge in [-0.3, -0.25) is 9.78 Å². The fourth-order valence-electron chi connectivity index (χ4n) is 2.42. The molecule has 1 aliphatic heterocycles. The average Bonchev–Trinajstić information content (AvgIpc) is 3.04. The Hall–Kier alpha value is -2.44. The monoisotopic (exact) mass is 287 g/mol. The lowest BCUT2D eigenvalue weighted by Gasteiger charge is -2.32. The third-order valence-electron chi connectivity index (χ3n) is 3.63. The lowest BCUT2D eigenvalue weighted by Crippen LogP contribution is -2.42. The van der Waals surface area contributed by atoms with Gasteiger partial charge in [-0.25, -0.2) is 0 Å². The number of aryl methyl sites for hydroxylation is 1. The van der Waals surface area contributed by atoms with Crippen molar-refractivity contribution in [1.82, 2.24) is 25.3 Å². The molecule has 3 heterocycles. The molecule has 0 aliphatic carbocycles. The minimum atomic E-state index is -0.0812. The normalized spacial score (nSPS) is 16.0. The van der Waals surface area contributed by atoms with Crippen molar-refractivity contribution < 1.29 is 9.53 Å². The molecule has 7 nitrogen and oxygen atoms in total. The highest BCUT2D eigenvalue weighted by Gasteiger charge is 2.26. The van der Waals surface area contributed by atoms with Gasteiger partial charge in [0.05, 0.1) is 6.20 Å². The predicted molar refractivity (Wildman–Crippen MR) is 74.9 cm³/mol. The number of ether oxygens (including phenoxy) is 1. The SMILES string of the molecule is Cc1cnccc1OC1CCN(C(=O)c2cn[nH]n2)CC1. The van der Waals surface area contributed by atoms with Gasteiger partial charge in [-0.05, 0) is 13.0 Å². The Morgan fingerprint density at radius 1 is 1.38 bits per heavy atom. The molecule has 110 valence electrons. The number of pyridine rings is 1. The molecule has 0 saturated carbocycles. The zero-order chi connectivity index (χ0) is 14.7. The second-order valence-electron chi connectivity index (χ2n) is 5.11. The standard InChI is InChI=1S/C14H17N5O2/c1-10-8-15-5-2-13(10)21-11-3-6-19(7-4-11)14(20)12-9-16-18-17-12/h2,5,8-9,11H,3-4,6-7H2,1H3,(H,16,17,18). The molecule has 1 saturated heterocycles. The zero-order valence-corrected chi connectivity index (χ0v) is 11.8. The molecule has 1 amide bonds. The topological polar surface area (TPSA) is 84.0 Å². The average molecular weight is 287 g/mol. The molecule has 3 rings (SSSR count). The van der Waals surface area contributed by atoms with E-state index in [1.54, 1.807) is 17.3 Å². The van der Waals surface area contributed by atoms with Crippen molar-refractivity contribution in [1.29, 1.82) is 0 Å². The summed E-state index contributed by atoms with van der Waals surface area (Å²) in [6.07, 6.45) is 6.72. The fraction of sp³-hybridized carbons (Fsp3) is 0.429. The number of nitrogens with zero attached hydrogens (tertiary/aromatic N) is 4. The van der Waals surface area contributed by atoms with Gasteiger partial charge < -0.3 is 9.64 Å². The Bertz CT molecular complexity index is 606. The summed E-state index contributed by atoms with van der Waals surface area (Å²) in [4.78, 5) is 18.0. The molecule has 0 bridgehead atoms. The molecule has 7 heteroatoms. The highest BCUT2D eigenvalue weighted by molar-refractivity contribution is 5.91. The first-order valence-electron chi connectivity index (χ1n) is 6.96. The number of hydrogen-bond donors (Lipinski definition) is 1. The third kappa shape index (κ3) is 3.01. The lowest BCUT2D eigenvalue weighted by molar-refractivity contribution is 0.0589. The van der Waals surface area contributed by atoms with Gasteiger partial charge in [0.25, 0.3) is 5.91 Å². The number of amides is 1. The van der Waals surface area contributed by atoms with Gasteiger partial charge in [-0.1, -0.05) is 0 Å². The number of H-pyrrole nitrogens is 1. The van der Waals surface area contributed by atoms with E-state index in [4.69, 9.17) is 4.74 Å². The molecular weight excluding hydrogens is 270 g/mol. The molecule has 0 radical (unpaired) electrons. The van der Waals surface area contributed by atoms with Gasteiger partial charge >= 0.3 is 0 Å². The van der Waals surface area contributed by atoms with E-state index in [1.807, 2.05) is 13.0 Å². The summed E-state index contributed by atoms with van der Waals surface area (Å²) >= 11 is 0. The zero-order valence-electron chi connectivity index (χ0n) is 11.8. The molecule has 0 atom stereocenters. The number of hydrogen-bond acceptors (Lipinski definition) is 5. The van der Waals surface area contributed by atoms with Gasteiger partial charge in [0.2, 0.25) is 0 Å². The Balaban J connectivity index is 1.56. The smallest absolute Gasteiger partial charge is 0.276 e. The summed E-state index contributed by atoms with van der Waals surface area (Å²) in [6.45, 7) is 3.31. The first kappa shape index (κ1) is 13.5. The highest BCUT2D eigenvalue weighted by atomic mass is 16.5. The van der Waals surface area contributed by atoms with Gasteiger partial charge in [-0.15, -0.1) is 0 Å². The van der Waals surface area contributed by atoms with Crippen LogP contribution in [0.5, 0.6) is 5.75 Å². The van der Waals surface area contributed by atoms with E-state index in [2.05, 4.69) is 20.4 Å². The molecule has 0 unspecified atom stereocenters. The Kier molecular flexibility index (Phi) is 3.81. The first-order valence-corrected chi connectivity index (χ1v) is 6.96. The van der Waals surface area contributed by atoms with Crippen molar-refractivity contribution in [2.45, 2.75) is 25.9 Å². The Morgan fingerprint density at radius 2 is 2.19 bits per heavy atom. The van der Waals surface area contributed by atoms with Crippen LogP contribution in [0.3, 0.4) is 0 Å². The van der Waals surface area contributed by atoms with Gasteiger partial charge in [0.15, 0.2) is 5.69 Å². The van der Waals surface area contributed by atoms with E-state index in [0.29, 0.717) is 18.8 Å². The van der Waals surface area contributed by atoms with Crippen LogP contribution < -0.4 is 4.74 Å². The number of aromatic nitrogens is 4. The van der Waals surface area contributed by atoms with Crippen molar-refractivity contribution in [2.24, 2.45) is 0 Å². The van der Waals surface area contributed by atoms with E-state index in [1.165, 1.54) is 6.20 Å². The maximum atomic E-state index is 12.1. The van der Waals surface area contributed by atoms with E-state index < -0.39 is 0 Å². The predicted octanol–water partition coefficient (Wildman–Crippen LogP) is 1.19.